The standard InChI is InChI=1S/C15H24N2O4S2/c1-12-5-4-10-17(11-12)23(20,21)16-13(2)14-6-8-15(9-7-14)22(3,18)19/h6-9,12-13,16H,4-5,10-11H2,1-3H3. The molecule has 2 unspecified atom stereocenters. The van der Waals surface area contributed by atoms with Gasteiger partial charge in [-0.05, 0) is 43.4 Å². The Morgan fingerprint density at radius 3 is 2.30 bits per heavy atom. The molecule has 1 fully saturated rings. The lowest BCUT2D eigenvalue weighted by Gasteiger charge is -2.31. The van der Waals surface area contributed by atoms with Crippen LogP contribution >= 0.6 is 0 Å². The fourth-order valence-electron chi connectivity index (χ4n) is 2.73. The number of hydrogen-bond acceptors (Lipinski definition) is 4. The molecular formula is C15H24N2O4S2. The first-order chi connectivity index (χ1) is 10.6. The van der Waals surface area contributed by atoms with Gasteiger partial charge in [-0.1, -0.05) is 19.1 Å². The molecule has 0 amide bonds. The highest BCUT2D eigenvalue weighted by atomic mass is 32.2. The molecule has 0 radical (unpaired) electrons. The number of sulfone groups is 1. The summed E-state index contributed by atoms with van der Waals surface area (Å²) in [5, 5.41) is 0. The highest BCUT2D eigenvalue weighted by Crippen LogP contribution is 2.21. The van der Waals surface area contributed by atoms with Gasteiger partial charge >= 0.3 is 0 Å². The van der Waals surface area contributed by atoms with Gasteiger partial charge in [-0.25, -0.2) is 8.42 Å². The van der Waals surface area contributed by atoms with Gasteiger partial charge in [0.05, 0.1) is 4.90 Å². The molecule has 130 valence electrons. The van der Waals surface area contributed by atoms with Gasteiger partial charge in [-0.3, -0.25) is 0 Å². The Kier molecular flexibility index (Phi) is 5.50. The molecular weight excluding hydrogens is 336 g/mol. The molecule has 1 saturated heterocycles. The first kappa shape index (κ1) is 18.4. The van der Waals surface area contributed by atoms with Crippen molar-refractivity contribution in [2.75, 3.05) is 19.3 Å². The molecule has 2 atom stereocenters. The average molecular weight is 361 g/mol. The maximum absolute atomic E-state index is 12.5. The summed E-state index contributed by atoms with van der Waals surface area (Å²) in [5.74, 6) is 0.365. The molecule has 1 heterocycles. The van der Waals surface area contributed by atoms with Crippen LogP contribution in [0.3, 0.4) is 0 Å². The molecule has 8 heteroatoms. The Morgan fingerprint density at radius 2 is 1.78 bits per heavy atom. The van der Waals surface area contributed by atoms with Crippen LogP contribution in [0.15, 0.2) is 29.2 Å². The van der Waals surface area contributed by atoms with Gasteiger partial charge in [0.2, 0.25) is 0 Å². The van der Waals surface area contributed by atoms with Gasteiger partial charge in [-0.2, -0.15) is 17.4 Å². The minimum absolute atomic E-state index is 0.223. The van der Waals surface area contributed by atoms with Gasteiger partial charge in [0.15, 0.2) is 9.84 Å². The van der Waals surface area contributed by atoms with E-state index in [0.29, 0.717) is 19.0 Å². The smallest absolute Gasteiger partial charge is 0.224 e. The zero-order chi connectivity index (χ0) is 17.3. The zero-order valence-electron chi connectivity index (χ0n) is 13.7. The summed E-state index contributed by atoms with van der Waals surface area (Å²) < 4.78 is 52.0. The lowest BCUT2D eigenvalue weighted by molar-refractivity contribution is 0.277. The predicted octanol–water partition coefficient (Wildman–Crippen LogP) is 1.72. The second-order valence-corrected chi connectivity index (χ2v) is 10.0. The SMILES string of the molecule is CC1CCCN(S(=O)(=O)NC(C)c2ccc(S(C)(=O)=O)cc2)C1. The fraction of sp³-hybridized carbons (Fsp3) is 0.600. The predicted molar refractivity (Wildman–Crippen MR) is 90.0 cm³/mol. The highest BCUT2D eigenvalue weighted by molar-refractivity contribution is 7.90. The van der Waals surface area contributed by atoms with Crippen LogP contribution in [-0.2, 0) is 20.0 Å². The molecule has 1 aliphatic heterocycles. The lowest BCUT2D eigenvalue weighted by Crippen LogP contribution is -2.46. The third-order valence-electron chi connectivity index (χ3n) is 4.09. The molecule has 6 nitrogen and oxygen atoms in total. The second-order valence-electron chi connectivity index (χ2n) is 6.29. The van der Waals surface area contributed by atoms with Crippen molar-refractivity contribution >= 4 is 20.0 Å². The Labute approximate surface area is 139 Å². The maximum Gasteiger partial charge on any atom is 0.280 e. The van der Waals surface area contributed by atoms with Crippen molar-refractivity contribution in [3.05, 3.63) is 29.8 Å². The monoisotopic (exact) mass is 360 g/mol. The Morgan fingerprint density at radius 1 is 1.17 bits per heavy atom. The molecule has 1 N–H and O–H groups in total. The van der Waals surface area contributed by atoms with Crippen molar-refractivity contribution in [1.29, 1.82) is 0 Å². The molecule has 1 aromatic rings. The maximum atomic E-state index is 12.5. The molecule has 0 bridgehead atoms. The van der Waals surface area contributed by atoms with E-state index < -0.39 is 26.1 Å². The van der Waals surface area contributed by atoms with Crippen LogP contribution in [0.1, 0.15) is 38.3 Å². The summed E-state index contributed by atoms with van der Waals surface area (Å²) in [6.45, 7) is 4.88. The first-order valence-electron chi connectivity index (χ1n) is 7.67. The van der Waals surface area contributed by atoms with Crippen molar-refractivity contribution in [1.82, 2.24) is 9.03 Å². The summed E-state index contributed by atoms with van der Waals surface area (Å²) in [6.07, 6.45) is 3.07. The fourth-order valence-corrected chi connectivity index (χ4v) is 4.92. The average Bonchev–Trinajstić information content (AvgIpc) is 2.46. The van der Waals surface area contributed by atoms with E-state index in [9.17, 15) is 16.8 Å². The highest BCUT2D eigenvalue weighted by Gasteiger charge is 2.28. The van der Waals surface area contributed by atoms with E-state index in [2.05, 4.69) is 11.6 Å². The largest absolute Gasteiger partial charge is 0.280 e. The number of piperidine rings is 1. The van der Waals surface area contributed by atoms with Crippen LogP contribution in [0, 0.1) is 5.92 Å². The summed E-state index contributed by atoms with van der Waals surface area (Å²) in [7, 11) is -6.79. The van der Waals surface area contributed by atoms with Crippen LogP contribution in [0.25, 0.3) is 0 Å². The van der Waals surface area contributed by atoms with Crippen LogP contribution in [0.5, 0.6) is 0 Å². The quantitative estimate of drug-likeness (QED) is 0.866. The Balaban J connectivity index is 2.10. The second kappa shape index (κ2) is 6.88. The third-order valence-corrected chi connectivity index (χ3v) is 6.88. The summed E-state index contributed by atoms with van der Waals surface area (Å²) in [6, 6.07) is 5.85. The molecule has 0 saturated carbocycles. The van der Waals surface area contributed by atoms with Crippen LogP contribution in [0.4, 0.5) is 0 Å². The number of rotatable bonds is 5. The molecule has 0 aromatic heterocycles. The lowest BCUT2D eigenvalue weighted by atomic mass is 10.0. The van der Waals surface area contributed by atoms with Crippen molar-refractivity contribution in [3.63, 3.8) is 0 Å². The third kappa shape index (κ3) is 4.76. The Bertz CT molecular complexity index is 742. The van der Waals surface area contributed by atoms with Gasteiger partial charge in [0.1, 0.15) is 0 Å². The molecule has 2 rings (SSSR count). The van der Waals surface area contributed by atoms with Crippen LogP contribution in [0.2, 0.25) is 0 Å². The first-order valence-corrected chi connectivity index (χ1v) is 11.0. The van der Waals surface area contributed by atoms with Crippen molar-refractivity contribution < 1.29 is 16.8 Å². The van der Waals surface area contributed by atoms with E-state index in [1.807, 2.05) is 0 Å². The molecule has 0 aliphatic carbocycles. The number of hydrogen-bond donors (Lipinski definition) is 1. The van der Waals surface area contributed by atoms with Gasteiger partial charge in [0, 0.05) is 25.4 Å². The zero-order valence-corrected chi connectivity index (χ0v) is 15.3. The summed E-state index contributed by atoms with van der Waals surface area (Å²) in [4.78, 5) is 0.223. The van der Waals surface area contributed by atoms with E-state index in [1.165, 1.54) is 16.4 Å². The van der Waals surface area contributed by atoms with E-state index in [4.69, 9.17) is 0 Å². The van der Waals surface area contributed by atoms with E-state index in [0.717, 1.165) is 24.7 Å². The number of benzene rings is 1. The van der Waals surface area contributed by atoms with Crippen molar-refractivity contribution in [2.24, 2.45) is 5.92 Å². The number of nitrogens with one attached hydrogen (secondary N) is 1. The normalized spacial score (nSPS) is 22.0. The molecule has 1 aromatic carbocycles. The summed E-state index contributed by atoms with van der Waals surface area (Å²) in [5.41, 5.74) is 0.728. The van der Waals surface area contributed by atoms with Crippen LogP contribution < -0.4 is 4.72 Å². The van der Waals surface area contributed by atoms with Crippen LogP contribution in [-0.4, -0.2) is 40.5 Å². The number of nitrogens with zero attached hydrogens (tertiary/aromatic N) is 1. The molecule has 0 spiro atoms. The summed E-state index contributed by atoms with van der Waals surface area (Å²) >= 11 is 0. The van der Waals surface area contributed by atoms with E-state index in [1.54, 1.807) is 19.1 Å². The van der Waals surface area contributed by atoms with Gasteiger partial charge < -0.3 is 0 Å². The van der Waals surface area contributed by atoms with Crippen molar-refractivity contribution in [2.45, 2.75) is 37.6 Å². The minimum Gasteiger partial charge on any atom is -0.224 e. The van der Waals surface area contributed by atoms with Gasteiger partial charge in [-0.15, -0.1) is 0 Å². The van der Waals surface area contributed by atoms with Crippen molar-refractivity contribution in [3.8, 4) is 0 Å². The minimum atomic E-state index is -3.54. The Hall–Kier alpha value is -0.960. The van der Waals surface area contributed by atoms with E-state index >= 15 is 0 Å². The van der Waals surface area contributed by atoms with Gasteiger partial charge in [0.25, 0.3) is 10.2 Å². The topological polar surface area (TPSA) is 83.6 Å². The van der Waals surface area contributed by atoms with E-state index in [-0.39, 0.29) is 4.90 Å². The molecule has 23 heavy (non-hydrogen) atoms. The molecule has 1 aliphatic rings.